The van der Waals surface area contributed by atoms with Crippen LogP contribution in [0.15, 0.2) is 58.1 Å². The lowest BCUT2D eigenvalue weighted by Gasteiger charge is -2.03. The van der Waals surface area contributed by atoms with E-state index >= 15 is 0 Å². The van der Waals surface area contributed by atoms with Crippen LogP contribution in [0.5, 0.6) is 0 Å². The molecule has 1 aromatic carbocycles. The van der Waals surface area contributed by atoms with E-state index in [0.29, 0.717) is 11.2 Å². The van der Waals surface area contributed by atoms with Crippen molar-refractivity contribution in [1.82, 2.24) is 15.0 Å². The second kappa shape index (κ2) is 5.96. The van der Waals surface area contributed by atoms with Crippen LogP contribution in [0.3, 0.4) is 0 Å². The van der Waals surface area contributed by atoms with E-state index < -0.39 is 0 Å². The van der Waals surface area contributed by atoms with Gasteiger partial charge >= 0.3 is 0 Å². The minimum atomic E-state index is -0.124. The summed E-state index contributed by atoms with van der Waals surface area (Å²) < 4.78 is 1.01. The summed E-state index contributed by atoms with van der Waals surface area (Å²) in [6, 6.07) is 11.7. The number of pyridine rings is 1. The van der Waals surface area contributed by atoms with Gasteiger partial charge in [-0.3, -0.25) is 9.78 Å². The minimum absolute atomic E-state index is 0.124. The largest absolute Gasteiger partial charge is 0.306 e. The molecule has 0 saturated heterocycles. The fourth-order valence-electron chi connectivity index (χ4n) is 2.72. The zero-order valence-corrected chi connectivity index (χ0v) is 15.1. The summed E-state index contributed by atoms with van der Waals surface area (Å²) in [5.74, 6) is 0.546. The number of fused-ring (bicyclic) bond motifs is 1. The second-order valence-corrected chi connectivity index (χ2v) is 7.50. The summed E-state index contributed by atoms with van der Waals surface area (Å²) in [6.45, 7) is 2.02. The summed E-state index contributed by atoms with van der Waals surface area (Å²) in [5.41, 5.74) is 2.64. The Kier molecular flexibility index (Phi) is 3.78. The Morgan fingerprint density at radius 2 is 1.92 bits per heavy atom. The molecule has 24 heavy (non-hydrogen) atoms. The third-order valence-corrected chi connectivity index (χ3v) is 5.33. The number of thiophene rings is 1. The summed E-state index contributed by atoms with van der Waals surface area (Å²) in [6.07, 6.45) is 3.39. The number of H-pyrrole nitrogens is 1. The molecule has 0 aliphatic carbocycles. The summed E-state index contributed by atoms with van der Waals surface area (Å²) in [4.78, 5) is 26.2. The number of nitrogens with zero attached hydrogens (tertiary/aromatic N) is 2. The predicted molar refractivity (Wildman–Crippen MR) is 101 cm³/mol. The first kappa shape index (κ1) is 15.2. The molecule has 4 aromatic rings. The standard InChI is InChI=1S/C18H12BrN3OS/c1-10-14(11-4-6-13(19)7-5-11)15-17(23)21-16(22-18(15)24-10)12-3-2-8-20-9-12/h2-9H,1H3,(H,21,22,23). The third kappa shape index (κ3) is 2.57. The fraction of sp³-hybridized carbons (Fsp3) is 0.0556. The van der Waals surface area contributed by atoms with Crippen molar-refractivity contribution in [2.45, 2.75) is 6.92 Å². The highest BCUT2D eigenvalue weighted by Gasteiger charge is 2.17. The number of hydrogen-bond acceptors (Lipinski definition) is 4. The van der Waals surface area contributed by atoms with Crippen molar-refractivity contribution in [3.8, 4) is 22.5 Å². The van der Waals surface area contributed by atoms with E-state index in [2.05, 4.69) is 30.9 Å². The van der Waals surface area contributed by atoms with Crippen LogP contribution in [-0.2, 0) is 0 Å². The number of nitrogens with one attached hydrogen (secondary N) is 1. The maximum Gasteiger partial charge on any atom is 0.260 e. The first-order valence-electron chi connectivity index (χ1n) is 7.33. The van der Waals surface area contributed by atoms with Crippen molar-refractivity contribution in [2.75, 3.05) is 0 Å². The van der Waals surface area contributed by atoms with Crippen LogP contribution >= 0.6 is 27.3 Å². The van der Waals surface area contributed by atoms with Crippen LogP contribution < -0.4 is 5.56 Å². The van der Waals surface area contributed by atoms with E-state index in [1.165, 1.54) is 11.3 Å². The number of rotatable bonds is 2. The minimum Gasteiger partial charge on any atom is -0.306 e. The van der Waals surface area contributed by atoms with E-state index in [-0.39, 0.29) is 5.56 Å². The highest BCUT2D eigenvalue weighted by Crippen LogP contribution is 2.36. The molecule has 0 atom stereocenters. The lowest BCUT2D eigenvalue weighted by atomic mass is 10.0. The van der Waals surface area contributed by atoms with E-state index in [9.17, 15) is 4.79 Å². The van der Waals surface area contributed by atoms with Gasteiger partial charge in [-0.05, 0) is 36.8 Å². The maximum atomic E-state index is 12.7. The SMILES string of the molecule is Cc1sc2nc(-c3cccnc3)[nH]c(=O)c2c1-c1ccc(Br)cc1. The van der Waals surface area contributed by atoms with Gasteiger partial charge in [0, 0.05) is 32.9 Å². The highest BCUT2D eigenvalue weighted by atomic mass is 79.9. The van der Waals surface area contributed by atoms with Gasteiger partial charge < -0.3 is 4.98 Å². The molecule has 0 radical (unpaired) electrons. The monoisotopic (exact) mass is 397 g/mol. The molecule has 3 aromatic heterocycles. The second-order valence-electron chi connectivity index (χ2n) is 5.38. The first-order valence-corrected chi connectivity index (χ1v) is 8.94. The summed E-state index contributed by atoms with van der Waals surface area (Å²) in [5, 5.41) is 0.646. The zero-order valence-electron chi connectivity index (χ0n) is 12.7. The number of aromatic nitrogens is 3. The van der Waals surface area contributed by atoms with Crippen LogP contribution in [0.4, 0.5) is 0 Å². The van der Waals surface area contributed by atoms with E-state index in [1.807, 2.05) is 43.3 Å². The number of aromatic amines is 1. The number of benzene rings is 1. The summed E-state index contributed by atoms with van der Waals surface area (Å²) >= 11 is 4.98. The lowest BCUT2D eigenvalue weighted by molar-refractivity contribution is 1.17. The molecule has 0 fully saturated rings. The maximum absolute atomic E-state index is 12.7. The molecule has 0 aliphatic rings. The fourth-order valence-corrected chi connectivity index (χ4v) is 4.03. The predicted octanol–water partition coefficient (Wildman–Crippen LogP) is 4.78. The number of aryl methyl sites for hydroxylation is 1. The van der Waals surface area contributed by atoms with Crippen LogP contribution in [-0.4, -0.2) is 15.0 Å². The average molecular weight is 398 g/mol. The normalized spacial score (nSPS) is 11.1. The molecule has 118 valence electrons. The topological polar surface area (TPSA) is 58.6 Å². The van der Waals surface area contributed by atoms with Crippen LogP contribution in [0, 0.1) is 6.92 Å². The smallest absolute Gasteiger partial charge is 0.260 e. The Bertz CT molecular complexity index is 1090. The molecule has 1 N–H and O–H groups in total. The molecule has 4 nitrogen and oxygen atoms in total. The van der Waals surface area contributed by atoms with Gasteiger partial charge in [-0.25, -0.2) is 4.98 Å². The van der Waals surface area contributed by atoms with Crippen LogP contribution in [0.1, 0.15) is 4.88 Å². The van der Waals surface area contributed by atoms with Crippen LogP contribution in [0.25, 0.3) is 32.7 Å². The van der Waals surface area contributed by atoms with E-state index in [0.717, 1.165) is 30.9 Å². The Morgan fingerprint density at radius 3 is 2.62 bits per heavy atom. The third-order valence-electron chi connectivity index (χ3n) is 3.81. The van der Waals surface area contributed by atoms with Gasteiger partial charge in [-0.1, -0.05) is 28.1 Å². The Hall–Kier alpha value is -2.31. The number of halogens is 1. The van der Waals surface area contributed by atoms with Gasteiger partial charge in [-0.15, -0.1) is 11.3 Å². The molecule has 4 rings (SSSR count). The first-order chi connectivity index (χ1) is 11.6. The quantitative estimate of drug-likeness (QED) is 0.529. The molecule has 0 bridgehead atoms. The van der Waals surface area contributed by atoms with Crippen molar-refractivity contribution >= 4 is 37.5 Å². The van der Waals surface area contributed by atoms with Gasteiger partial charge in [0.15, 0.2) is 0 Å². The molecular formula is C18H12BrN3OS. The molecule has 0 aliphatic heterocycles. The molecule has 3 heterocycles. The highest BCUT2D eigenvalue weighted by molar-refractivity contribution is 9.10. The Morgan fingerprint density at radius 1 is 1.12 bits per heavy atom. The lowest BCUT2D eigenvalue weighted by Crippen LogP contribution is -2.09. The summed E-state index contributed by atoms with van der Waals surface area (Å²) in [7, 11) is 0. The molecule has 6 heteroatoms. The van der Waals surface area contributed by atoms with Crippen molar-refractivity contribution in [3.63, 3.8) is 0 Å². The molecule has 0 amide bonds. The Balaban J connectivity index is 1.97. The van der Waals surface area contributed by atoms with Crippen molar-refractivity contribution < 1.29 is 0 Å². The van der Waals surface area contributed by atoms with Crippen molar-refractivity contribution in [2.24, 2.45) is 0 Å². The molecular weight excluding hydrogens is 386 g/mol. The van der Waals surface area contributed by atoms with Gasteiger partial charge in [0.2, 0.25) is 0 Å². The van der Waals surface area contributed by atoms with Gasteiger partial charge in [-0.2, -0.15) is 0 Å². The van der Waals surface area contributed by atoms with Gasteiger partial charge in [0.05, 0.1) is 5.39 Å². The Labute approximate surface area is 150 Å². The van der Waals surface area contributed by atoms with Crippen LogP contribution in [0.2, 0.25) is 0 Å². The van der Waals surface area contributed by atoms with Crippen molar-refractivity contribution in [3.05, 3.63) is 68.5 Å². The average Bonchev–Trinajstić information content (AvgIpc) is 2.93. The van der Waals surface area contributed by atoms with E-state index in [4.69, 9.17) is 0 Å². The molecule has 0 saturated carbocycles. The van der Waals surface area contributed by atoms with Gasteiger partial charge in [0.25, 0.3) is 5.56 Å². The van der Waals surface area contributed by atoms with E-state index in [1.54, 1.807) is 12.4 Å². The molecule has 0 unspecified atom stereocenters. The molecule has 0 spiro atoms. The number of hydrogen-bond donors (Lipinski definition) is 1. The van der Waals surface area contributed by atoms with Crippen molar-refractivity contribution in [1.29, 1.82) is 0 Å². The van der Waals surface area contributed by atoms with Gasteiger partial charge in [0.1, 0.15) is 10.7 Å². The zero-order chi connectivity index (χ0) is 16.7.